The number of pyridine rings is 1. The van der Waals surface area contributed by atoms with E-state index in [4.69, 9.17) is 0 Å². The van der Waals surface area contributed by atoms with Crippen LogP contribution in [0.1, 0.15) is 24.2 Å². The Labute approximate surface area is 95.1 Å². The minimum atomic E-state index is 0.310. The topological polar surface area (TPSA) is 53.6 Å². The van der Waals surface area contributed by atoms with Crippen LogP contribution in [0.4, 0.5) is 0 Å². The van der Waals surface area contributed by atoms with E-state index < -0.39 is 0 Å². The molecule has 1 unspecified atom stereocenters. The number of nitrogens with zero attached hydrogens (tertiary/aromatic N) is 2. The predicted molar refractivity (Wildman–Crippen MR) is 62.9 cm³/mol. The van der Waals surface area contributed by atoms with Crippen LogP contribution in [0.15, 0.2) is 36.8 Å². The fraction of sp³-hybridized carbons (Fsp3) is 0.333. The van der Waals surface area contributed by atoms with Crippen LogP contribution in [0.5, 0.6) is 0 Å². The highest BCUT2D eigenvalue weighted by Gasteiger charge is 2.04. The molecule has 84 valence electrons. The minimum Gasteiger partial charge on any atom is -0.309 e. The number of nitrogens with one attached hydrogen (secondary N) is 2. The van der Waals surface area contributed by atoms with Gasteiger partial charge in [0.2, 0.25) is 0 Å². The monoisotopic (exact) mass is 216 g/mol. The van der Waals surface area contributed by atoms with Crippen LogP contribution in [0, 0.1) is 0 Å². The van der Waals surface area contributed by atoms with E-state index in [0.717, 1.165) is 18.7 Å². The molecule has 2 aromatic rings. The van der Waals surface area contributed by atoms with Gasteiger partial charge in [0.25, 0.3) is 0 Å². The zero-order valence-corrected chi connectivity index (χ0v) is 9.35. The van der Waals surface area contributed by atoms with E-state index in [1.54, 1.807) is 6.20 Å². The van der Waals surface area contributed by atoms with E-state index in [1.807, 2.05) is 30.6 Å². The van der Waals surface area contributed by atoms with Crippen molar-refractivity contribution in [3.8, 4) is 0 Å². The Bertz CT molecular complexity index is 396. The quantitative estimate of drug-likeness (QED) is 0.799. The highest BCUT2D eigenvalue weighted by molar-refractivity contribution is 5.10. The maximum atomic E-state index is 4.00. The van der Waals surface area contributed by atoms with Gasteiger partial charge >= 0.3 is 0 Å². The summed E-state index contributed by atoms with van der Waals surface area (Å²) in [4.78, 5) is 4.00. The highest BCUT2D eigenvalue weighted by atomic mass is 15.1. The van der Waals surface area contributed by atoms with Gasteiger partial charge in [-0.3, -0.25) is 10.1 Å². The molecular formula is C12H16N4. The van der Waals surface area contributed by atoms with E-state index in [0.29, 0.717) is 6.04 Å². The van der Waals surface area contributed by atoms with Gasteiger partial charge in [-0.15, -0.1) is 0 Å². The Hall–Kier alpha value is -1.68. The molecule has 16 heavy (non-hydrogen) atoms. The molecule has 4 heteroatoms. The van der Waals surface area contributed by atoms with E-state index >= 15 is 0 Å². The van der Waals surface area contributed by atoms with Crippen molar-refractivity contribution in [2.75, 3.05) is 6.54 Å². The van der Waals surface area contributed by atoms with Gasteiger partial charge in [-0.25, -0.2) is 0 Å². The molecule has 0 aliphatic rings. The van der Waals surface area contributed by atoms with Crippen LogP contribution in [0.25, 0.3) is 0 Å². The maximum Gasteiger partial charge on any atom is 0.0518 e. The smallest absolute Gasteiger partial charge is 0.0518 e. The van der Waals surface area contributed by atoms with Gasteiger partial charge < -0.3 is 5.32 Å². The molecule has 0 bridgehead atoms. The molecule has 0 fully saturated rings. The van der Waals surface area contributed by atoms with Crippen molar-refractivity contribution in [1.29, 1.82) is 0 Å². The zero-order valence-electron chi connectivity index (χ0n) is 9.35. The van der Waals surface area contributed by atoms with Gasteiger partial charge in [0.1, 0.15) is 0 Å². The van der Waals surface area contributed by atoms with E-state index in [9.17, 15) is 0 Å². The lowest BCUT2D eigenvalue weighted by Crippen LogP contribution is -2.21. The first-order chi connectivity index (χ1) is 7.86. The SMILES string of the molecule is CC(NCCc1ccncc1)c1ccn[nH]1. The third kappa shape index (κ3) is 2.90. The Kier molecular flexibility index (Phi) is 3.66. The van der Waals surface area contributed by atoms with Crippen molar-refractivity contribution in [2.24, 2.45) is 0 Å². The van der Waals surface area contributed by atoms with Gasteiger partial charge in [-0.2, -0.15) is 5.10 Å². The average Bonchev–Trinajstić information content (AvgIpc) is 2.84. The van der Waals surface area contributed by atoms with Crippen LogP contribution in [-0.2, 0) is 6.42 Å². The molecule has 2 heterocycles. The third-order valence-corrected chi connectivity index (χ3v) is 2.60. The molecule has 0 saturated heterocycles. The summed E-state index contributed by atoms with van der Waals surface area (Å²) in [6.45, 7) is 3.07. The summed E-state index contributed by atoms with van der Waals surface area (Å²) in [6, 6.07) is 6.39. The summed E-state index contributed by atoms with van der Waals surface area (Å²) in [6.07, 6.45) is 6.44. The first kappa shape index (κ1) is 10.8. The Morgan fingerprint density at radius 2 is 2.06 bits per heavy atom. The number of aromatic amines is 1. The lowest BCUT2D eigenvalue weighted by atomic mass is 10.2. The lowest BCUT2D eigenvalue weighted by Gasteiger charge is -2.11. The first-order valence-electron chi connectivity index (χ1n) is 5.48. The largest absolute Gasteiger partial charge is 0.309 e. The number of hydrogen-bond acceptors (Lipinski definition) is 3. The lowest BCUT2D eigenvalue weighted by molar-refractivity contribution is 0.563. The number of rotatable bonds is 5. The van der Waals surface area contributed by atoms with Gasteiger partial charge in [0.05, 0.1) is 5.69 Å². The van der Waals surface area contributed by atoms with Gasteiger partial charge in [-0.1, -0.05) is 0 Å². The number of H-pyrrole nitrogens is 1. The van der Waals surface area contributed by atoms with Crippen LogP contribution in [0.3, 0.4) is 0 Å². The van der Waals surface area contributed by atoms with Crippen molar-refractivity contribution in [2.45, 2.75) is 19.4 Å². The molecule has 0 amide bonds. The summed E-state index contributed by atoms with van der Waals surface area (Å²) in [5, 5.41) is 10.3. The predicted octanol–water partition coefficient (Wildman–Crippen LogP) is 1.70. The summed E-state index contributed by atoms with van der Waals surface area (Å²) in [5.41, 5.74) is 2.43. The molecular weight excluding hydrogens is 200 g/mol. The summed E-state index contributed by atoms with van der Waals surface area (Å²) in [5.74, 6) is 0. The van der Waals surface area contributed by atoms with Gasteiger partial charge in [0, 0.05) is 24.6 Å². The van der Waals surface area contributed by atoms with Crippen LogP contribution in [-0.4, -0.2) is 21.7 Å². The normalized spacial score (nSPS) is 12.6. The molecule has 0 spiro atoms. The van der Waals surface area contributed by atoms with Crippen molar-refractivity contribution in [3.63, 3.8) is 0 Å². The molecule has 4 nitrogen and oxygen atoms in total. The molecule has 1 atom stereocenters. The summed E-state index contributed by atoms with van der Waals surface area (Å²) >= 11 is 0. The Morgan fingerprint density at radius 3 is 2.75 bits per heavy atom. The van der Waals surface area contributed by atoms with Gasteiger partial charge in [-0.05, 0) is 43.7 Å². The van der Waals surface area contributed by atoms with Crippen molar-refractivity contribution >= 4 is 0 Å². The van der Waals surface area contributed by atoms with Crippen molar-refractivity contribution < 1.29 is 0 Å². The molecule has 0 aliphatic heterocycles. The molecule has 0 saturated carbocycles. The average molecular weight is 216 g/mol. The van der Waals surface area contributed by atoms with Crippen molar-refractivity contribution in [3.05, 3.63) is 48.0 Å². The van der Waals surface area contributed by atoms with E-state index in [-0.39, 0.29) is 0 Å². The molecule has 2 aromatic heterocycles. The summed E-state index contributed by atoms with van der Waals surface area (Å²) in [7, 11) is 0. The van der Waals surface area contributed by atoms with E-state index in [2.05, 4.69) is 27.4 Å². The fourth-order valence-corrected chi connectivity index (χ4v) is 1.60. The third-order valence-electron chi connectivity index (χ3n) is 2.60. The summed E-state index contributed by atoms with van der Waals surface area (Å²) < 4.78 is 0. The Morgan fingerprint density at radius 1 is 1.25 bits per heavy atom. The maximum absolute atomic E-state index is 4.00. The molecule has 2 N–H and O–H groups in total. The second kappa shape index (κ2) is 5.42. The van der Waals surface area contributed by atoms with Crippen LogP contribution in [0.2, 0.25) is 0 Å². The van der Waals surface area contributed by atoms with E-state index in [1.165, 1.54) is 5.56 Å². The van der Waals surface area contributed by atoms with Crippen LogP contribution >= 0.6 is 0 Å². The standard InChI is InChI=1S/C12H16N4/c1-10(12-5-9-15-16-12)14-8-4-11-2-6-13-7-3-11/h2-3,5-7,9-10,14H,4,8H2,1H3,(H,15,16). The molecule has 0 radical (unpaired) electrons. The second-order valence-corrected chi connectivity index (χ2v) is 3.79. The second-order valence-electron chi connectivity index (χ2n) is 3.79. The van der Waals surface area contributed by atoms with Gasteiger partial charge in [0.15, 0.2) is 0 Å². The Balaban J connectivity index is 1.76. The van der Waals surface area contributed by atoms with Crippen molar-refractivity contribution in [1.82, 2.24) is 20.5 Å². The minimum absolute atomic E-state index is 0.310. The zero-order chi connectivity index (χ0) is 11.2. The highest BCUT2D eigenvalue weighted by Crippen LogP contribution is 2.07. The first-order valence-corrected chi connectivity index (χ1v) is 5.48. The number of hydrogen-bond donors (Lipinski definition) is 2. The number of aromatic nitrogens is 3. The molecule has 2 rings (SSSR count). The molecule has 0 aromatic carbocycles. The van der Waals surface area contributed by atoms with Crippen LogP contribution < -0.4 is 5.32 Å². The molecule has 0 aliphatic carbocycles. The fourth-order valence-electron chi connectivity index (χ4n) is 1.60.